The van der Waals surface area contributed by atoms with E-state index in [-0.39, 0.29) is 12.4 Å². The zero-order chi connectivity index (χ0) is 13.2. The van der Waals surface area contributed by atoms with Crippen LogP contribution in [0.25, 0.3) is 10.9 Å². The van der Waals surface area contributed by atoms with E-state index in [1.165, 1.54) is 6.07 Å². The molecule has 0 saturated carbocycles. The Morgan fingerprint density at radius 1 is 1.42 bits per heavy atom. The molecule has 19 heavy (non-hydrogen) atoms. The fraction of sp³-hybridized carbons (Fsp3) is 0.467. The number of halogens is 1. The van der Waals surface area contributed by atoms with Crippen LogP contribution in [0.2, 0.25) is 0 Å². The SMILES string of the molecule is OC[C@@H]1CCCN1CCc1c[nH]c2ccc(F)cc12. The van der Waals surface area contributed by atoms with Gasteiger partial charge >= 0.3 is 0 Å². The summed E-state index contributed by atoms with van der Waals surface area (Å²) in [4.78, 5) is 5.51. The molecule has 0 unspecified atom stereocenters. The Morgan fingerprint density at radius 2 is 2.32 bits per heavy atom. The molecule has 0 bridgehead atoms. The van der Waals surface area contributed by atoms with E-state index in [2.05, 4.69) is 9.88 Å². The lowest BCUT2D eigenvalue weighted by molar-refractivity contribution is 0.160. The van der Waals surface area contributed by atoms with Crippen molar-refractivity contribution in [1.82, 2.24) is 9.88 Å². The predicted molar refractivity (Wildman–Crippen MR) is 73.6 cm³/mol. The van der Waals surface area contributed by atoms with Crippen LogP contribution in [0.4, 0.5) is 4.39 Å². The molecule has 3 rings (SSSR count). The third-order valence-corrected chi connectivity index (χ3v) is 4.11. The zero-order valence-electron chi connectivity index (χ0n) is 10.9. The molecule has 102 valence electrons. The molecular weight excluding hydrogens is 243 g/mol. The number of H-pyrrole nitrogens is 1. The van der Waals surface area contributed by atoms with Crippen LogP contribution in [-0.4, -0.2) is 40.7 Å². The van der Waals surface area contributed by atoms with Gasteiger partial charge in [-0.3, -0.25) is 4.90 Å². The van der Waals surface area contributed by atoms with Gasteiger partial charge in [0.05, 0.1) is 6.61 Å². The number of aromatic amines is 1. The topological polar surface area (TPSA) is 39.3 Å². The zero-order valence-corrected chi connectivity index (χ0v) is 10.9. The monoisotopic (exact) mass is 262 g/mol. The van der Waals surface area contributed by atoms with Crippen LogP contribution in [0.15, 0.2) is 24.4 Å². The Balaban J connectivity index is 1.73. The molecule has 1 aromatic carbocycles. The minimum absolute atomic E-state index is 0.192. The fourth-order valence-corrected chi connectivity index (χ4v) is 3.02. The van der Waals surface area contributed by atoms with E-state index in [9.17, 15) is 9.50 Å². The van der Waals surface area contributed by atoms with Crippen molar-refractivity contribution >= 4 is 10.9 Å². The van der Waals surface area contributed by atoms with Gasteiger partial charge in [-0.15, -0.1) is 0 Å². The molecule has 1 aliphatic rings. The van der Waals surface area contributed by atoms with Crippen molar-refractivity contribution in [3.05, 3.63) is 35.8 Å². The number of aromatic nitrogens is 1. The van der Waals surface area contributed by atoms with Crippen molar-refractivity contribution in [2.24, 2.45) is 0 Å². The summed E-state index contributed by atoms with van der Waals surface area (Å²) < 4.78 is 13.3. The van der Waals surface area contributed by atoms with E-state index < -0.39 is 0 Å². The van der Waals surface area contributed by atoms with E-state index in [0.29, 0.717) is 6.04 Å². The first kappa shape index (κ1) is 12.6. The number of likely N-dealkylation sites (tertiary alicyclic amines) is 1. The fourth-order valence-electron chi connectivity index (χ4n) is 3.02. The van der Waals surface area contributed by atoms with Gasteiger partial charge in [-0.25, -0.2) is 4.39 Å². The lowest BCUT2D eigenvalue weighted by atomic mass is 10.1. The summed E-state index contributed by atoms with van der Waals surface area (Å²) >= 11 is 0. The highest BCUT2D eigenvalue weighted by atomic mass is 19.1. The number of hydrogen-bond donors (Lipinski definition) is 2. The molecule has 1 atom stereocenters. The molecular formula is C15H19FN2O. The molecule has 0 amide bonds. The van der Waals surface area contributed by atoms with E-state index in [0.717, 1.165) is 48.8 Å². The quantitative estimate of drug-likeness (QED) is 0.887. The van der Waals surface area contributed by atoms with Gasteiger partial charge in [0.1, 0.15) is 5.82 Å². The third kappa shape index (κ3) is 2.51. The minimum atomic E-state index is -0.192. The summed E-state index contributed by atoms with van der Waals surface area (Å²) in [5.74, 6) is -0.192. The first-order valence-electron chi connectivity index (χ1n) is 6.88. The molecule has 3 nitrogen and oxygen atoms in total. The van der Waals surface area contributed by atoms with Gasteiger partial charge < -0.3 is 10.1 Å². The van der Waals surface area contributed by atoms with Crippen molar-refractivity contribution in [3.8, 4) is 0 Å². The average molecular weight is 262 g/mol. The summed E-state index contributed by atoms with van der Waals surface area (Å²) in [6.07, 6.45) is 5.10. The molecule has 2 N–H and O–H groups in total. The van der Waals surface area contributed by atoms with Crippen LogP contribution in [0, 0.1) is 5.82 Å². The predicted octanol–water partition coefficient (Wildman–Crippen LogP) is 2.31. The molecule has 2 aromatic rings. The summed E-state index contributed by atoms with van der Waals surface area (Å²) in [6.45, 7) is 2.22. The molecule has 0 radical (unpaired) electrons. The minimum Gasteiger partial charge on any atom is -0.395 e. The Hall–Kier alpha value is -1.39. The summed E-state index contributed by atoms with van der Waals surface area (Å²) in [5.41, 5.74) is 2.13. The maximum absolute atomic E-state index is 13.3. The molecule has 0 spiro atoms. The number of benzene rings is 1. The van der Waals surface area contributed by atoms with Crippen LogP contribution in [0.3, 0.4) is 0 Å². The van der Waals surface area contributed by atoms with Crippen LogP contribution in [0.1, 0.15) is 18.4 Å². The first-order valence-corrected chi connectivity index (χ1v) is 6.88. The number of aliphatic hydroxyl groups is 1. The van der Waals surface area contributed by atoms with E-state index in [1.807, 2.05) is 6.20 Å². The van der Waals surface area contributed by atoms with Crippen molar-refractivity contribution in [2.75, 3.05) is 19.7 Å². The number of rotatable bonds is 4. The van der Waals surface area contributed by atoms with Crippen molar-refractivity contribution < 1.29 is 9.50 Å². The number of fused-ring (bicyclic) bond motifs is 1. The number of nitrogens with zero attached hydrogens (tertiary/aromatic N) is 1. The van der Waals surface area contributed by atoms with Gasteiger partial charge in [-0.2, -0.15) is 0 Å². The van der Waals surface area contributed by atoms with Gasteiger partial charge in [0.2, 0.25) is 0 Å². The van der Waals surface area contributed by atoms with Gasteiger partial charge in [0.15, 0.2) is 0 Å². The molecule has 1 saturated heterocycles. The first-order chi connectivity index (χ1) is 9.28. The highest BCUT2D eigenvalue weighted by Gasteiger charge is 2.23. The van der Waals surface area contributed by atoms with Gasteiger partial charge in [0.25, 0.3) is 0 Å². The normalized spacial score (nSPS) is 20.4. The molecule has 1 aliphatic heterocycles. The Bertz CT molecular complexity index is 566. The number of hydrogen-bond acceptors (Lipinski definition) is 2. The summed E-state index contributed by atoms with van der Waals surface area (Å²) in [7, 11) is 0. The molecule has 0 aliphatic carbocycles. The van der Waals surface area contributed by atoms with Crippen molar-refractivity contribution in [2.45, 2.75) is 25.3 Å². The Labute approximate surface area is 112 Å². The lowest BCUT2D eigenvalue weighted by Crippen LogP contribution is -2.33. The van der Waals surface area contributed by atoms with E-state index in [1.54, 1.807) is 12.1 Å². The molecule has 2 heterocycles. The smallest absolute Gasteiger partial charge is 0.123 e. The van der Waals surface area contributed by atoms with Crippen molar-refractivity contribution in [3.63, 3.8) is 0 Å². The second-order valence-electron chi connectivity index (χ2n) is 5.27. The average Bonchev–Trinajstić information content (AvgIpc) is 3.02. The Morgan fingerprint density at radius 3 is 3.16 bits per heavy atom. The van der Waals surface area contributed by atoms with Gasteiger partial charge in [0, 0.05) is 29.7 Å². The maximum atomic E-state index is 13.3. The van der Waals surface area contributed by atoms with Crippen LogP contribution in [-0.2, 0) is 6.42 Å². The highest BCUT2D eigenvalue weighted by Crippen LogP contribution is 2.22. The van der Waals surface area contributed by atoms with Gasteiger partial charge in [-0.1, -0.05) is 0 Å². The number of nitrogens with one attached hydrogen (secondary N) is 1. The third-order valence-electron chi connectivity index (χ3n) is 4.11. The Kier molecular flexibility index (Phi) is 3.53. The largest absolute Gasteiger partial charge is 0.395 e. The molecule has 1 aromatic heterocycles. The molecule has 4 heteroatoms. The second kappa shape index (κ2) is 5.31. The lowest BCUT2D eigenvalue weighted by Gasteiger charge is -2.22. The van der Waals surface area contributed by atoms with E-state index >= 15 is 0 Å². The standard InChI is InChI=1S/C15H19FN2O/c16-12-3-4-15-14(8-12)11(9-17-15)5-7-18-6-1-2-13(18)10-19/h3-4,8-9,13,17,19H,1-2,5-7,10H2/t13-/m0/s1. The van der Waals surface area contributed by atoms with Gasteiger partial charge in [-0.05, 0) is 49.6 Å². The van der Waals surface area contributed by atoms with Crippen LogP contribution in [0.5, 0.6) is 0 Å². The van der Waals surface area contributed by atoms with Crippen molar-refractivity contribution in [1.29, 1.82) is 0 Å². The summed E-state index contributed by atoms with van der Waals surface area (Å²) in [5, 5.41) is 10.3. The highest BCUT2D eigenvalue weighted by molar-refractivity contribution is 5.83. The second-order valence-corrected chi connectivity index (χ2v) is 5.27. The number of aliphatic hydroxyl groups excluding tert-OH is 1. The summed E-state index contributed by atoms with van der Waals surface area (Å²) in [6, 6.07) is 5.15. The van der Waals surface area contributed by atoms with Crippen LogP contribution < -0.4 is 0 Å². The van der Waals surface area contributed by atoms with E-state index in [4.69, 9.17) is 0 Å². The maximum Gasteiger partial charge on any atom is 0.123 e. The van der Waals surface area contributed by atoms with Crippen LogP contribution >= 0.6 is 0 Å². The molecule has 1 fully saturated rings.